The van der Waals surface area contributed by atoms with Gasteiger partial charge in [0.15, 0.2) is 6.10 Å². The summed E-state index contributed by atoms with van der Waals surface area (Å²) in [4.78, 5) is 23.0. The first-order chi connectivity index (χ1) is 8.36. The molecule has 0 aromatic rings. The maximum atomic E-state index is 11.6. The standard InChI is InChI=1S/C13H24O5/c1-9(2)7-17-12(14)6-11(16-5)13(15)18-8-10(3)4/h9-11H,6-8H2,1-5H3. The molecule has 106 valence electrons. The molecular weight excluding hydrogens is 236 g/mol. The predicted octanol–water partition coefficient (Wildman–Crippen LogP) is 1.79. The highest BCUT2D eigenvalue weighted by Crippen LogP contribution is 2.05. The third kappa shape index (κ3) is 8.06. The highest BCUT2D eigenvalue weighted by atomic mass is 16.6. The molecule has 0 spiro atoms. The third-order valence-corrected chi connectivity index (χ3v) is 2.04. The van der Waals surface area contributed by atoms with Crippen molar-refractivity contribution >= 4 is 11.9 Å². The molecule has 0 N–H and O–H groups in total. The Bertz CT molecular complexity index is 260. The van der Waals surface area contributed by atoms with E-state index in [4.69, 9.17) is 14.2 Å². The summed E-state index contributed by atoms with van der Waals surface area (Å²) < 4.78 is 14.9. The summed E-state index contributed by atoms with van der Waals surface area (Å²) in [5, 5.41) is 0. The van der Waals surface area contributed by atoms with Gasteiger partial charge in [-0.1, -0.05) is 27.7 Å². The van der Waals surface area contributed by atoms with Crippen LogP contribution in [0.1, 0.15) is 34.1 Å². The van der Waals surface area contributed by atoms with Gasteiger partial charge in [0, 0.05) is 7.11 Å². The van der Waals surface area contributed by atoms with Crippen LogP contribution < -0.4 is 0 Å². The van der Waals surface area contributed by atoms with E-state index in [1.807, 2.05) is 27.7 Å². The van der Waals surface area contributed by atoms with Gasteiger partial charge in [0.1, 0.15) is 0 Å². The average Bonchev–Trinajstić information content (AvgIpc) is 2.30. The Hall–Kier alpha value is -1.10. The molecule has 0 aromatic carbocycles. The second-order valence-electron chi connectivity index (χ2n) is 5.03. The number of esters is 2. The van der Waals surface area contributed by atoms with Crippen molar-refractivity contribution in [2.24, 2.45) is 11.8 Å². The topological polar surface area (TPSA) is 61.8 Å². The van der Waals surface area contributed by atoms with Crippen LogP contribution in [0.15, 0.2) is 0 Å². The van der Waals surface area contributed by atoms with E-state index < -0.39 is 18.0 Å². The summed E-state index contributed by atoms with van der Waals surface area (Å²) in [5.41, 5.74) is 0. The molecule has 0 amide bonds. The normalized spacial score (nSPS) is 12.6. The molecule has 1 atom stereocenters. The molecule has 0 radical (unpaired) electrons. The van der Waals surface area contributed by atoms with Gasteiger partial charge in [0.25, 0.3) is 0 Å². The molecule has 18 heavy (non-hydrogen) atoms. The summed E-state index contributed by atoms with van der Waals surface area (Å²) >= 11 is 0. The molecule has 0 fully saturated rings. The van der Waals surface area contributed by atoms with Crippen LogP contribution in [0, 0.1) is 11.8 Å². The molecule has 0 heterocycles. The monoisotopic (exact) mass is 260 g/mol. The van der Waals surface area contributed by atoms with Crippen LogP contribution in [0.3, 0.4) is 0 Å². The van der Waals surface area contributed by atoms with Gasteiger partial charge in [-0.05, 0) is 11.8 Å². The Morgan fingerprint density at radius 1 is 0.944 bits per heavy atom. The van der Waals surface area contributed by atoms with Gasteiger partial charge in [-0.3, -0.25) is 4.79 Å². The minimum absolute atomic E-state index is 0.111. The van der Waals surface area contributed by atoms with Crippen LogP contribution in [-0.4, -0.2) is 38.4 Å². The Labute approximate surface area is 109 Å². The average molecular weight is 260 g/mol. The number of carbonyl (C=O) groups excluding carboxylic acids is 2. The van der Waals surface area contributed by atoms with E-state index in [2.05, 4.69) is 0 Å². The summed E-state index contributed by atoms with van der Waals surface area (Å²) in [6.45, 7) is 8.42. The first-order valence-corrected chi connectivity index (χ1v) is 6.21. The molecule has 0 aliphatic rings. The number of hydrogen-bond donors (Lipinski definition) is 0. The van der Waals surface area contributed by atoms with Gasteiger partial charge >= 0.3 is 11.9 Å². The molecule has 0 aromatic heterocycles. The zero-order chi connectivity index (χ0) is 14.1. The highest BCUT2D eigenvalue weighted by molar-refractivity contribution is 5.81. The Kier molecular flexibility index (Phi) is 8.37. The van der Waals surface area contributed by atoms with Gasteiger partial charge in [0.2, 0.25) is 0 Å². The quantitative estimate of drug-likeness (QED) is 0.623. The maximum absolute atomic E-state index is 11.6. The van der Waals surface area contributed by atoms with Crippen molar-refractivity contribution in [3.05, 3.63) is 0 Å². The second kappa shape index (κ2) is 8.91. The van der Waals surface area contributed by atoms with E-state index in [1.165, 1.54) is 7.11 Å². The summed E-state index contributed by atoms with van der Waals surface area (Å²) in [5.74, 6) is -0.452. The summed E-state index contributed by atoms with van der Waals surface area (Å²) in [7, 11) is 1.37. The Morgan fingerprint density at radius 2 is 1.44 bits per heavy atom. The Balaban J connectivity index is 4.08. The zero-order valence-corrected chi connectivity index (χ0v) is 11.9. The molecule has 5 heteroatoms. The lowest BCUT2D eigenvalue weighted by atomic mass is 10.2. The van der Waals surface area contributed by atoms with E-state index in [9.17, 15) is 9.59 Å². The second-order valence-corrected chi connectivity index (χ2v) is 5.03. The molecule has 0 aliphatic heterocycles. The van der Waals surface area contributed by atoms with Gasteiger partial charge in [-0.2, -0.15) is 0 Å². The fourth-order valence-electron chi connectivity index (χ4n) is 1.07. The first-order valence-electron chi connectivity index (χ1n) is 6.21. The van der Waals surface area contributed by atoms with E-state index in [0.29, 0.717) is 13.2 Å². The minimum atomic E-state index is -0.886. The minimum Gasteiger partial charge on any atom is -0.465 e. The van der Waals surface area contributed by atoms with Crippen molar-refractivity contribution in [1.29, 1.82) is 0 Å². The van der Waals surface area contributed by atoms with Crippen LogP contribution in [0.2, 0.25) is 0 Å². The SMILES string of the molecule is COC(CC(=O)OCC(C)C)C(=O)OCC(C)C. The van der Waals surface area contributed by atoms with Gasteiger partial charge in [-0.15, -0.1) is 0 Å². The highest BCUT2D eigenvalue weighted by Gasteiger charge is 2.24. The zero-order valence-electron chi connectivity index (χ0n) is 11.9. The van der Waals surface area contributed by atoms with Crippen LogP contribution >= 0.6 is 0 Å². The van der Waals surface area contributed by atoms with Gasteiger partial charge < -0.3 is 14.2 Å². The predicted molar refractivity (Wildman–Crippen MR) is 67.0 cm³/mol. The maximum Gasteiger partial charge on any atom is 0.335 e. The lowest BCUT2D eigenvalue weighted by molar-refractivity contribution is -0.163. The molecular formula is C13H24O5. The number of carbonyl (C=O) groups is 2. The summed E-state index contributed by atoms with van der Waals surface area (Å²) in [6.07, 6.45) is -0.997. The van der Waals surface area contributed by atoms with Crippen molar-refractivity contribution in [3.8, 4) is 0 Å². The smallest absolute Gasteiger partial charge is 0.335 e. The van der Waals surface area contributed by atoms with E-state index in [0.717, 1.165) is 0 Å². The molecule has 0 aliphatic carbocycles. The largest absolute Gasteiger partial charge is 0.465 e. The number of hydrogen-bond acceptors (Lipinski definition) is 5. The van der Waals surface area contributed by atoms with Crippen molar-refractivity contribution in [1.82, 2.24) is 0 Å². The molecule has 0 saturated heterocycles. The number of methoxy groups -OCH3 is 1. The van der Waals surface area contributed by atoms with Crippen LogP contribution in [0.5, 0.6) is 0 Å². The van der Waals surface area contributed by atoms with Gasteiger partial charge in [-0.25, -0.2) is 4.79 Å². The fraction of sp³-hybridized carbons (Fsp3) is 0.846. The fourth-order valence-corrected chi connectivity index (χ4v) is 1.07. The number of rotatable bonds is 8. The van der Waals surface area contributed by atoms with Crippen LogP contribution in [0.4, 0.5) is 0 Å². The molecule has 0 rings (SSSR count). The van der Waals surface area contributed by atoms with E-state index in [1.54, 1.807) is 0 Å². The molecule has 0 bridgehead atoms. The molecule has 5 nitrogen and oxygen atoms in total. The van der Waals surface area contributed by atoms with Crippen LogP contribution in [-0.2, 0) is 23.8 Å². The van der Waals surface area contributed by atoms with Gasteiger partial charge in [0.05, 0.1) is 19.6 Å². The van der Waals surface area contributed by atoms with E-state index in [-0.39, 0.29) is 18.3 Å². The van der Waals surface area contributed by atoms with E-state index >= 15 is 0 Å². The Morgan fingerprint density at radius 3 is 1.89 bits per heavy atom. The summed E-state index contributed by atoms with van der Waals surface area (Å²) in [6, 6.07) is 0. The van der Waals surface area contributed by atoms with Crippen molar-refractivity contribution in [3.63, 3.8) is 0 Å². The third-order valence-electron chi connectivity index (χ3n) is 2.04. The lowest BCUT2D eigenvalue weighted by Gasteiger charge is -2.15. The number of ether oxygens (including phenoxy) is 3. The molecule has 0 saturated carbocycles. The first kappa shape index (κ1) is 16.9. The van der Waals surface area contributed by atoms with Crippen molar-refractivity contribution < 1.29 is 23.8 Å². The molecule has 1 unspecified atom stereocenters. The van der Waals surface area contributed by atoms with Crippen molar-refractivity contribution in [2.45, 2.75) is 40.2 Å². The van der Waals surface area contributed by atoms with Crippen molar-refractivity contribution in [2.75, 3.05) is 20.3 Å². The lowest BCUT2D eigenvalue weighted by Crippen LogP contribution is -2.30. The van der Waals surface area contributed by atoms with Crippen LogP contribution in [0.25, 0.3) is 0 Å².